The number of benzene rings is 2. The zero-order valence-corrected chi connectivity index (χ0v) is 20.1. The van der Waals surface area contributed by atoms with Gasteiger partial charge >= 0.3 is 0 Å². The molecule has 2 heterocycles. The van der Waals surface area contributed by atoms with Crippen molar-refractivity contribution in [2.24, 2.45) is 0 Å². The first-order chi connectivity index (χ1) is 15.8. The summed E-state index contributed by atoms with van der Waals surface area (Å²) in [4.78, 5) is 11.2. The standard InChI is InChI=1S/C23H26ClN5O3S/c1-17-14-22(26-20-6-8-21(32-2)9-7-20)27-23(25-17)28-10-12-29(13-11-28)33(30,31)16-18-4-3-5-19(24)15-18/h3-9,14-15H,10-13,16H2,1-2H3,(H,25,26,27). The van der Waals surface area contributed by atoms with E-state index < -0.39 is 10.0 Å². The number of aryl methyl sites for hydroxylation is 1. The number of hydrogen-bond acceptors (Lipinski definition) is 7. The highest BCUT2D eigenvalue weighted by Gasteiger charge is 2.28. The van der Waals surface area contributed by atoms with E-state index in [0.29, 0.717) is 48.5 Å². The van der Waals surface area contributed by atoms with Gasteiger partial charge in [0, 0.05) is 48.6 Å². The monoisotopic (exact) mass is 487 g/mol. The number of nitrogens with one attached hydrogen (secondary N) is 1. The third-order valence-electron chi connectivity index (χ3n) is 5.36. The van der Waals surface area contributed by atoms with Crippen LogP contribution in [-0.4, -0.2) is 56.0 Å². The molecule has 0 spiro atoms. The molecular formula is C23H26ClN5O3S. The number of methoxy groups -OCH3 is 1. The molecule has 0 atom stereocenters. The molecule has 0 radical (unpaired) electrons. The highest BCUT2D eigenvalue weighted by molar-refractivity contribution is 7.88. The van der Waals surface area contributed by atoms with Crippen molar-refractivity contribution in [1.82, 2.24) is 14.3 Å². The average Bonchev–Trinajstić information content (AvgIpc) is 2.79. The van der Waals surface area contributed by atoms with E-state index in [9.17, 15) is 8.42 Å². The van der Waals surface area contributed by atoms with Crippen molar-refractivity contribution in [3.8, 4) is 5.75 Å². The number of anilines is 3. The molecule has 1 aliphatic heterocycles. The van der Waals surface area contributed by atoms with Crippen LogP contribution in [0.25, 0.3) is 0 Å². The van der Waals surface area contributed by atoms with E-state index in [-0.39, 0.29) is 5.75 Å². The number of hydrogen-bond donors (Lipinski definition) is 1. The maximum Gasteiger partial charge on any atom is 0.227 e. The summed E-state index contributed by atoms with van der Waals surface area (Å²) < 4.78 is 32.5. The summed E-state index contributed by atoms with van der Waals surface area (Å²) in [6.07, 6.45) is 0. The van der Waals surface area contributed by atoms with Crippen molar-refractivity contribution < 1.29 is 13.2 Å². The van der Waals surface area contributed by atoms with Crippen LogP contribution in [0, 0.1) is 6.92 Å². The van der Waals surface area contributed by atoms with Crippen LogP contribution in [0.1, 0.15) is 11.3 Å². The number of aromatic nitrogens is 2. The SMILES string of the molecule is COc1ccc(Nc2cc(C)nc(N3CCN(S(=O)(=O)Cc4cccc(Cl)c4)CC3)n2)cc1. The predicted molar refractivity (Wildman–Crippen MR) is 131 cm³/mol. The molecule has 3 aromatic rings. The van der Waals surface area contributed by atoms with Gasteiger partial charge in [-0.15, -0.1) is 0 Å². The van der Waals surface area contributed by atoms with Crippen molar-refractivity contribution in [3.05, 3.63) is 70.9 Å². The second-order valence-corrected chi connectivity index (χ2v) is 10.2. The molecule has 10 heteroatoms. The minimum atomic E-state index is -3.44. The molecule has 1 fully saturated rings. The van der Waals surface area contributed by atoms with Gasteiger partial charge in [-0.25, -0.2) is 13.4 Å². The van der Waals surface area contributed by atoms with Gasteiger partial charge in [-0.3, -0.25) is 0 Å². The molecule has 174 valence electrons. The maximum absolute atomic E-state index is 12.9. The molecular weight excluding hydrogens is 462 g/mol. The van der Waals surface area contributed by atoms with Crippen LogP contribution in [0.3, 0.4) is 0 Å². The molecule has 0 saturated carbocycles. The van der Waals surface area contributed by atoms with E-state index in [1.54, 1.807) is 31.4 Å². The zero-order valence-electron chi connectivity index (χ0n) is 18.5. The second kappa shape index (κ2) is 9.94. The van der Waals surface area contributed by atoms with E-state index in [4.69, 9.17) is 16.3 Å². The van der Waals surface area contributed by atoms with Crippen LogP contribution < -0.4 is 15.0 Å². The summed E-state index contributed by atoms with van der Waals surface area (Å²) in [6.45, 7) is 3.69. The van der Waals surface area contributed by atoms with Gasteiger partial charge in [0.05, 0.1) is 12.9 Å². The van der Waals surface area contributed by atoms with E-state index in [0.717, 1.165) is 17.1 Å². The fourth-order valence-electron chi connectivity index (χ4n) is 3.68. The third kappa shape index (κ3) is 5.93. The molecule has 0 amide bonds. The highest BCUT2D eigenvalue weighted by Crippen LogP contribution is 2.23. The van der Waals surface area contributed by atoms with Crippen LogP contribution in [0.5, 0.6) is 5.75 Å². The fraction of sp³-hybridized carbons (Fsp3) is 0.304. The molecule has 1 saturated heterocycles. The Morgan fingerprint density at radius 3 is 2.42 bits per heavy atom. The van der Waals surface area contributed by atoms with Crippen molar-refractivity contribution in [3.63, 3.8) is 0 Å². The number of piperazine rings is 1. The highest BCUT2D eigenvalue weighted by atomic mass is 35.5. The lowest BCUT2D eigenvalue weighted by Crippen LogP contribution is -2.49. The van der Waals surface area contributed by atoms with Gasteiger partial charge in [-0.2, -0.15) is 9.29 Å². The molecule has 0 aliphatic carbocycles. The first kappa shape index (κ1) is 23.3. The van der Waals surface area contributed by atoms with E-state index in [2.05, 4.69) is 15.3 Å². The Bertz CT molecular complexity index is 1210. The molecule has 8 nitrogen and oxygen atoms in total. The minimum Gasteiger partial charge on any atom is -0.497 e. The second-order valence-electron chi connectivity index (χ2n) is 7.82. The van der Waals surface area contributed by atoms with Gasteiger partial charge in [-0.1, -0.05) is 23.7 Å². The molecule has 0 unspecified atom stereocenters. The number of halogens is 1. The Morgan fingerprint density at radius 2 is 1.76 bits per heavy atom. The van der Waals surface area contributed by atoms with Crippen molar-refractivity contribution in [1.29, 1.82) is 0 Å². The number of ether oxygens (including phenoxy) is 1. The molecule has 4 rings (SSSR count). The van der Waals surface area contributed by atoms with E-state index in [1.165, 1.54) is 4.31 Å². The van der Waals surface area contributed by atoms with Crippen LogP contribution >= 0.6 is 11.6 Å². The Morgan fingerprint density at radius 1 is 1.03 bits per heavy atom. The number of sulfonamides is 1. The Labute approximate surface area is 199 Å². The van der Waals surface area contributed by atoms with Crippen LogP contribution in [0.2, 0.25) is 5.02 Å². The Hall–Kier alpha value is -2.88. The predicted octanol–water partition coefficient (Wildman–Crippen LogP) is 3.84. The van der Waals surface area contributed by atoms with Crippen molar-refractivity contribution in [2.45, 2.75) is 12.7 Å². The summed E-state index contributed by atoms with van der Waals surface area (Å²) in [5.41, 5.74) is 2.39. The van der Waals surface area contributed by atoms with Gasteiger partial charge < -0.3 is 15.0 Å². The maximum atomic E-state index is 12.9. The topological polar surface area (TPSA) is 87.7 Å². The number of rotatable bonds is 7. The molecule has 1 aliphatic rings. The minimum absolute atomic E-state index is 0.0650. The van der Waals surface area contributed by atoms with Crippen molar-refractivity contribution in [2.75, 3.05) is 43.5 Å². The third-order valence-corrected chi connectivity index (χ3v) is 7.44. The van der Waals surface area contributed by atoms with Crippen LogP contribution in [-0.2, 0) is 15.8 Å². The summed E-state index contributed by atoms with van der Waals surface area (Å²) in [6, 6.07) is 16.4. The lowest BCUT2D eigenvalue weighted by molar-refractivity contribution is 0.382. The van der Waals surface area contributed by atoms with E-state index >= 15 is 0 Å². The summed E-state index contributed by atoms with van der Waals surface area (Å²) in [5.74, 6) is 1.98. The summed E-state index contributed by atoms with van der Waals surface area (Å²) in [7, 11) is -1.81. The fourth-order valence-corrected chi connectivity index (χ4v) is 5.39. The van der Waals surface area contributed by atoms with E-state index in [1.807, 2.05) is 42.2 Å². The zero-order chi connectivity index (χ0) is 23.4. The van der Waals surface area contributed by atoms with Gasteiger partial charge in [0.2, 0.25) is 16.0 Å². The van der Waals surface area contributed by atoms with Gasteiger partial charge in [0.25, 0.3) is 0 Å². The molecule has 1 aromatic heterocycles. The first-order valence-electron chi connectivity index (χ1n) is 10.6. The molecule has 2 aromatic carbocycles. The molecule has 1 N–H and O–H groups in total. The number of nitrogens with zero attached hydrogens (tertiary/aromatic N) is 4. The van der Waals surface area contributed by atoms with Crippen LogP contribution in [0.15, 0.2) is 54.6 Å². The summed E-state index contributed by atoms with van der Waals surface area (Å²) in [5, 5.41) is 3.82. The molecule has 33 heavy (non-hydrogen) atoms. The summed E-state index contributed by atoms with van der Waals surface area (Å²) >= 11 is 6.00. The normalized spacial score (nSPS) is 14.8. The molecule has 0 bridgehead atoms. The average molecular weight is 488 g/mol. The quantitative estimate of drug-likeness (QED) is 0.541. The van der Waals surface area contributed by atoms with Crippen LogP contribution in [0.4, 0.5) is 17.5 Å². The van der Waals surface area contributed by atoms with Crippen molar-refractivity contribution >= 4 is 39.1 Å². The largest absolute Gasteiger partial charge is 0.497 e. The lowest BCUT2D eigenvalue weighted by Gasteiger charge is -2.34. The van der Waals surface area contributed by atoms with Gasteiger partial charge in [0.1, 0.15) is 11.6 Å². The Balaban J connectivity index is 1.41. The first-order valence-corrected chi connectivity index (χ1v) is 12.5. The van der Waals surface area contributed by atoms with Gasteiger partial charge in [0.15, 0.2) is 0 Å². The van der Waals surface area contributed by atoms with Gasteiger partial charge in [-0.05, 0) is 48.9 Å². The smallest absolute Gasteiger partial charge is 0.227 e. The Kier molecular flexibility index (Phi) is 7.02. The lowest BCUT2D eigenvalue weighted by atomic mass is 10.2.